The van der Waals surface area contributed by atoms with Crippen LogP contribution < -0.4 is 5.32 Å². The van der Waals surface area contributed by atoms with Crippen LogP contribution in [-0.4, -0.2) is 69.3 Å². The maximum atomic E-state index is 12.7. The number of anilines is 1. The van der Waals surface area contributed by atoms with Gasteiger partial charge in [-0.2, -0.15) is 4.31 Å². The first-order valence-corrected chi connectivity index (χ1v) is 11.6. The molecule has 0 saturated carbocycles. The lowest BCUT2D eigenvalue weighted by molar-refractivity contribution is -0.133. The van der Waals surface area contributed by atoms with E-state index in [2.05, 4.69) is 5.32 Å². The van der Waals surface area contributed by atoms with Gasteiger partial charge in [-0.3, -0.25) is 9.59 Å². The Balaban J connectivity index is 1.49. The molecule has 0 bridgehead atoms. The van der Waals surface area contributed by atoms with Crippen LogP contribution in [0.3, 0.4) is 0 Å². The zero-order chi connectivity index (χ0) is 22.3. The summed E-state index contributed by atoms with van der Waals surface area (Å²) in [4.78, 5) is 26.1. The van der Waals surface area contributed by atoms with Gasteiger partial charge in [-0.1, -0.05) is 30.3 Å². The Bertz CT molecular complexity index is 988. The van der Waals surface area contributed by atoms with E-state index in [1.54, 1.807) is 43.4 Å². The fourth-order valence-corrected chi connectivity index (χ4v) is 4.64. The lowest BCUT2D eigenvalue weighted by Gasteiger charge is -2.26. The molecule has 1 N–H and O–H groups in total. The second-order valence-corrected chi connectivity index (χ2v) is 9.26. The molecule has 31 heavy (non-hydrogen) atoms. The normalized spacial score (nSPS) is 14.7. The van der Waals surface area contributed by atoms with Crippen LogP contribution in [0, 0.1) is 0 Å². The van der Waals surface area contributed by atoms with Crippen molar-refractivity contribution in [2.24, 2.45) is 0 Å². The van der Waals surface area contributed by atoms with E-state index in [-0.39, 0.29) is 29.7 Å². The Hall–Kier alpha value is -2.75. The highest BCUT2D eigenvalue weighted by Crippen LogP contribution is 2.18. The third kappa shape index (κ3) is 6.36. The van der Waals surface area contributed by atoms with Gasteiger partial charge in [0, 0.05) is 32.2 Å². The second-order valence-electron chi connectivity index (χ2n) is 7.32. The number of carbonyl (C=O) groups is 2. The number of likely N-dealkylation sites (N-methyl/N-ethyl adjacent to an activating group) is 1. The minimum atomic E-state index is -3.53. The molecule has 0 unspecified atom stereocenters. The van der Waals surface area contributed by atoms with E-state index in [0.29, 0.717) is 38.4 Å². The molecule has 2 aromatic carbocycles. The summed E-state index contributed by atoms with van der Waals surface area (Å²) >= 11 is 0. The number of benzene rings is 2. The van der Waals surface area contributed by atoms with E-state index in [4.69, 9.17) is 4.74 Å². The number of nitrogens with zero attached hydrogens (tertiary/aromatic N) is 2. The van der Waals surface area contributed by atoms with Crippen LogP contribution in [0.1, 0.15) is 12.0 Å². The topological polar surface area (TPSA) is 96.0 Å². The Morgan fingerprint density at radius 2 is 1.68 bits per heavy atom. The quantitative estimate of drug-likeness (QED) is 0.668. The number of nitrogens with one attached hydrogen (secondary N) is 1. The summed E-state index contributed by atoms with van der Waals surface area (Å²) in [6, 6.07) is 15.7. The molecule has 0 radical (unpaired) electrons. The average molecular weight is 446 g/mol. The molecule has 0 aliphatic carbocycles. The van der Waals surface area contributed by atoms with Gasteiger partial charge in [-0.05, 0) is 36.2 Å². The highest BCUT2D eigenvalue weighted by atomic mass is 32.2. The lowest BCUT2D eigenvalue weighted by Crippen LogP contribution is -2.40. The predicted molar refractivity (Wildman–Crippen MR) is 117 cm³/mol. The Morgan fingerprint density at radius 3 is 2.32 bits per heavy atom. The van der Waals surface area contributed by atoms with Crippen molar-refractivity contribution in [1.82, 2.24) is 9.21 Å². The van der Waals surface area contributed by atoms with Crippen molar-refractivity contribution in [3.05, 3.63) is 60.2 Å². The minimum Gasteiger partial charge on any atom is -0.379 e. The summed E-state index contributed by atoms with van der Waals surface area (Å²) in [7, 11) is -1.94. The molecular formula is C22H27N3O5S. The molecule has 8 nitrogen and oxygen atoms in total. The summed E-state index contributed by atoms with van der Waals surface area (Å²) in [5.41, 5.74) is 1.54. The zero-order valence-electron chi connectivity index (χ0n) is 17.5. The molecule has 2 amide bonds. The van der Waals surface area contributed by atoms with E-state index in [1.807, 2.05) is 18.2 Å². The molecule has 1 aliphatic rings. The number of carbonyl (C=O) groups excluding carboxylic acids is 2. The Kier molecular flexibility index (Phi) is 7.78. The summed E-state index contributed by atoms with van der Waals surface area (Å²) < 4.78 is 31.9. The molecule has 0 atom stereocenters. The first-order valence-electron chi connectivity index (χ1n) is 10.1. The highest BCUT2D eigenvalue weighted by molar-refractivity contribution is 7.89. The van der Waals surface area contributed by atoms with Crippen LogP contribution in [0.15, 0.2) is 59.5 Å². The average Bonchev–Trinajstić information content (AvgIpc) is 2.79. The lowest BCUT2D eigenvalue weighted by atomic mass is 10.1. The van der Waals surface area contributed by atoms with Gasteiger partial charge in [0.25, 0.3) is 0 Å². The van der Waals surface area contributed by atoms with Gasteiger partial charge >= 0.3 is 0 Å². The molecule has 2 aromatic rings. The molecule has 0 spiro atoms. The number of hydrogen-bond acceptors (Lipinski definition) is 5. The second kappa shape index (κ2) is 10.5. The molecule has 166 valence electrons. The number of hydrogen-bond donors (Lipinski definition) is 1. The summed E-state index contributed by atoms with van der Waals surface area (Å²) in [5.74, 6) is -0.423. The minimum absolute atomic E-state index is 0.0372. The van der Waals surface area contributed by atoms with Gasteiger partial charge in [0.15, 0.2) is 0 Å². The smallest absolute Gasteiger partial charge is 0.243 e. The standard InChI is InChI=1S/C22H27N3O5S/c1-24(17-21(26)23-19-5-3-2-4-6-19)22(27)12-9-18-7-10-20(11-8-18)31(28,29)25-13-15-30-16-14-25/h2-8,10-11H,9,12-17H2,1H3,(H,23,26). The summed E-state index contributed by atoms with van der Waals surface area (Å²) in [6.45, 7) is 1.46. The molecule has 3 rings (SSSR count). The Morgan fingerprint density at radius 1 is 1.03 bits per heavy atom. The number of para-hydroxylation sites is 1. The van der Waals surface area contributed by atoms with Crippen LogP contribution in [-0.2, 0) is 30.8 Å². The van der Waals surface area contributed by atoms with E-state index in [0.717, 1.165) is 5.56 Å². The first kappa shape index (κ1) is 22.9. The van der Waals surface area contributed by atoms with Gasteiger partial charge in [0.05, 0.1) is 24.7 Å². The summed E-state index contributed by atoms with van der Waals surface area (Å²) in [6.07, 6.45) is 0.687. The number of rotatable bonds is 8. The van der Waals surface area contributed by atoms with Crippen LogP contribution in [0.4, 0.5) is 5.69 Å². The SMILES string of the molecule is CN(CC(=O)Nc1ccccc1)C(=O)CCc1ccc(S(=O)(=O)N2CCOCC2)cc1. The van der Waals surface area contributed by atoms with Crippen molar-refractivity contribution in [2.75, 3.05) is 45.2 Å². The fraction of sp³-hybridized carbons (Fsp3) is 0.364. The van der Waals surface area contributed by atoms with Crippen LogP contribution in [0.5, 0.6) is 0 Å². The molecule has 1 saturated heterocycles. The van der Waals surface area contributed by atoms with Crippen molar-refractivity contribution >= 4 is 27.5 Å². The molecule has 1 fully saturated rings. The summed E-state index contributed by atoms with van der Waals surface area (Å²) in [5, 5.41) is 2.75. The van der Waals surface area contributed by atoms with Gasteiger partial charge in [0.2, 0.25) is 21.8 Å². The zero-order valence-corrected chi connectivity index (χ0v) is 18.3. The van der Waals surface area contributed by atoms with Gasteiger partial charge < -0.3 is 15.0 Å². The van der Waals surface area contributed by atoms with E-state index < -0.39 is 10.0 Å². The van der Waals surface area contributed by atoms with Crippen molar-refractivity contribution in [1.29, 1.82) is 0 Å². The van der Waals surface area contributed by atoms with E-state index in [1.165, 1.54) is 9.21 Å². The molecule has 1 aliphatic heterocycles. The van der Waals surface area contributed by atoms with Crippen molar-refractivity contribution < 1.29 is 22.7 Å². The fourth-order valence-electron chi connectivity index (χ4n) is 3.23. The highest BCUT2D eigenvalue weighted by Gasteiger charge is 2.26. The number of aryl methyl sites for hydroxylation is 1. The molecule has 0 aromatic heterocycles. The van der Waals surface area contributed by atoms with Crippen LogP contribution in [0.25, 0.3) is 0 Å². The van der Waals surface area contributed by atoms with Gasteiger partial charge in [-0.15, -0.1) is 0 Å². The van der Waals surface area contributed by atoms with Crippen molar-refractivity contribution in [3.8, 4) is 0 Å². The van der Waals surface area contributed by atoms with Crippen molar-refractivity contribution in [2.45, 2.75) is 17.7 Å². The molecule has 1 heterocycles. The largest absolute Gasteiger partial charge is 0.379 e. The monoisotopic (exact) mass is 445 g/mol. The van der Waals surface area contributed by atoms with E-state index in [9.17, 15) is 18.0 Å². The van der Waals surface area contributed by atoms with Crippen LogP contribution in [0.2, 0.25) is 0 Å². The predicted octanol–water partition coefficient (Wildman–Crippen LogP) is 1.74. The molecular weight excluding hydrogens is 418 g/mol. The number of morpholine rings is 1. The van der Waals surface area contributed by atoms with E-state index >= 15 is 0 Å². The third-order valence-electron chi connectivity index (χ3n) is 5.02. The molecule has 9 heteroatoms. The van der Waals surface area contributed by atoms with Gasteiger partial charge in [-0.25, -0.2) is 8.42 Å². The first-order chi connectivity index (χ1) is 14.9. The van der Waals surface area contributed by atoms with Gasteiger partial charge in [0.1, 0.15) is 0 Å². The maximum Gasteiger partial charge on any atom is 0.243 e. The number of ether oxygens (including phenoxy) is 1. The maximum absolute atomic E-state index is 12.7. The Labute approximate surface area is 182 Å². The number of sulfonamides is 1. The van der Waals surface area contributed by atoms with Crippen LogP contribution >= 0.6 is 0 Å². The number of amides is 2. The third-order valence-corrected chi connectivity index (χ3v) is 6.94. The van der Waals surface area contributed by atoms with Crippen molar-refractivity contribution in [3.63, 3.8) is 0 Å².